The Hall–Kier alpha value is -0.430. The molecule has 0 atom stereocenters. The van der Waals surface area contributed by atoms with E-state index in [4.69, 9.17) is 5.11 Å². The molecule has 0 aromatic carbocycles. The van der Waals surface area contributed by atoms with Crippen LogP contribution in [0.15, 0.2) is 11.0 Å². The van der Waals surface area contributed by atoms with Crippen LogP contribution in [0.5, 0.6) is 0 Å². The van der Waals surface area contributed by atoms with E-state index in [9.17, 15) is 8.42 Å². The van der Waals surface area contributed by atoms with Crippen LogP contribution in [0.1, 0.15) is 50.8 Å². The fraction of sp³-hybridized carbons (Fsp3) is 0.714. The van der Waals surface area contributed by atoms with Crippen molar-refractivity contribution in [1.29, 1.82) is 0 Å². The van der Waals surface area contributed by atoms with Gasteiger partial charge in [0.2, 0.25) is 10.0 Å². The van der Waals surface area contributed by atoms with Crippen LogP contribution >= 0.6 is 11.3 Å². The van der Waals surface area contributed by atoms with Crippen LogP contribution in [-0.2, 0) is 16.6 Å². The van der Waals surface area contributed by atoms with Gasteiger partial charge in [-0.1, -0.05) is 20.8 Å². The molecule has 6 heteroatoms. The highest BCUT2D eigenvalue weighted by Gasteiger charge is 2.31. The smallest absolute Gasteiger partial charge is 0.242 e. The second-order valence-corrected chi connectivity index (χ2v) is 10.0. The van der Waals surface area contributed by atoms with Gasteiger partial charge in [0.1, 0.15) is 0 Å². The molecule has 0 spiro atoms. The molecule has 1 aromatic rings. The zero-order valence-electron chi connectivity index (χ0n) is 13.1. The maximum atomic E-state index is 12.5. The minimum absolute atomic E-state index is 0.0337. The first-order valence-electron chi connectivity index (χ1n) is 6.60. The standard InChI is InChI=1S/C14H25NO3S2/c1-10-12(7-11(8-16)19-10)20(17,18)15-14(5,6)9-13(2,3)4/h7,15-16H,8-9H2,1-6H3. The minimum atomic E-state index is -3.56. The van der Waals surface area contributed by atoms with Gasteiger partial charge in [0.05, 0.1) is 11.5 Å². The average Bonchev–Trinajstić information content (AvgIpc) is 2.54. The molecular formula is C14H25NO3S2. The van der Waals surface area contributed by atoms with Crippen LogP contribution in [0.4, 0.5) is 0 Å². The molecule has 1 heterocycles. The Morgan fingerprint density at radius 1 is 1.25 bits per heavy atom. The number of rotatable bonds is 5. The molecule has 2 N–H and O–H groups in total. The molecule has 0 saturated carbocycles. The number of aryl methyl sites for hydroxylation is 1. The number of aliphatic hydroxyl groups is 1. The molecular weight excluding hydrogens is 294 g/mol. The van der Waals surface area contributed by atoms with Crippen LogP contribution in [0.2, 0.25) is 0 Å². The maximum Gasteiger partial charge on any atom is 0.242 e. The molecule has 20 heavy (non-hydrogen) atoms. The van der Waals surface area contributed by atoms with Gasteiger partial charge in [0, 0.05) is 15.3 Å². The normalized spacial score (nSPS) is 13.8. The highest BCUT2D eigenvalue weighted by molar-refractivity contribution is 7.89. The van der Waals surface area contributed by atoms with Gasteiger partial charge in [-0.3, -0.25) is 0 Å². The van der Waals surface area contributed by atoms with Gasteiger partial charge in [-0.25, -0.2) is 13.1 Å². The summed E-state index contributed by atoms with van der Waals surface area (Å²) in [5, 5.41) is 9.12. The monoisotopic (exact) mass is 319 g/mol. The van der Waals surface area contributed by atoms with Crippen molar-refractivity contribution in [2.45, 2.75) is 65.0 Å². The van der Waals surface area contributed by atoms with E-state index in [1.54, 1.807) is 13.0 Å². The minimum Gasteiger partial charge on any atom is -0.391 e. The molecule has 0 aliphatic rings. The molecule has 0 aliphatic heterocycles. The van der Waals surface area contributed by atoms with Gasteiger partial charge < -0.3 is 5.11 Å². The Bertz CT molecular complexity index is 566. The largest absolute Gasteiger partial charge is 0.391 e. The summed E-state index contributed by atoms with van der Waals surface area (Å²) in [5.41, 5.74) is -0.489. The van der Waals surface area contributed by atoms with Gasteiger partial charge >= 0.3 is 0 Å². The quantitative estimate of drug-likeness (QED) is 0.876. The fourth-order valence-corrected chi connectivity index (χ4v) is 5.56. The van der Waals surface area contributed by atoms with Crippen molar-refractivity contribution in [1.82, 2.24) is 4.72 Å². The summed E-state index contributed by atoms with van der Waals surface area (Å²) in [4.78, 5) is 1.64. The first-order valence-corrected chi connectivity index (χ1v) is 8.90. The van der Waals surface area contributed by atoms with Crippen molar-refractivity contribution in [3.8, 4) is 0 Å². The Morgan fingerprint density at radius 3 is 2.20 bits per heavy atom. The van der Waals surface area contributed by atoms with Crippen molar-refractivity contribution in [3.63, 3.8) is 0 Å². The van der Waals surface area contributed by atoms with E-state index in [0.29, 0.717) is 9.75 Å². The lowest BCUT2D eigenvalue weighted by molar-refractivity contribution is 0.269. The summed E-state index contributed by atoms with van der Waals surface area (Å²) < 4.78 is 27.8. The van der Waals surface area contributed by atoms with Gasteiger partial charge in [0.25, 0.3) is 0 Å². The number of hydrogen-bond donors (Lipinski definition) is 2. The Kier molecular flexibility index (Phi) is 5.07. The molecule has 0 amide bonds. The summed E-state index contributed by atoms with van der Waals surface area (Å²) in [5.74, 6) is 0. The molecule has 0 bridgehead atoms. The zero-order valence-corrected chi connectivity index (χ0v) is 14.7. The molecule has 116 valence electrons. The molecule has 0 saturated heterocycles. The number of aliphatic hydroxyl groups excluding tert-OH is 1. The van der Waals surface area contributed by atoms with E-state index in [2.05, 4.69) is 25.5 Å². The third kappa shape index (κ3) is 4.84. The SMILES string of the molecule is Cc1sc(CO)cc1S(=O)(=O)NC(C)(C)CC(C)(C)C. The van der Waals surface area contributed by atoms with E-state index >= 15 is 0 Å². The Balaban J connectivity index is 3.03. The lowest BCUT2D eigenvalue weighted by atomic mass is 9.82. The zero-order chi connectivity index (χ0) is 15.8. The van der Waals surface area contributed by atoms with Crippen molar-refractivity contribution in [2.24, 2.45) is 5.41 Å². The van der Waals surface area contributed by atoms with Crippen LogP contribution in [-0.4, -0.2) is 19.1 Å². The highest BCUT2D eigenvalue weighted by atomic mass is 32.2. The van der Waals surface area contributed by atoms with E-state index < -0.39 is 15.6 Å². The summed E-state index contributed by atoms with van der Waals surface area (Å²) >= 11 is 1.31. The second kappa shape index (κ2) is 5.75. The van der Waals surface area contributed by atoms with Gasteiger partial charge in [-0.05, 0) is 38.7 Å². The summed E-state index contributed by atoms with van der Waals surface area (Å²) in [6.45, 7) is 11.7. The Labute approximate surface area is 126 Å². The van der Waals surface area contributed by atoms with Crippen LogP contribution in [0.3, 0.4) is 0 Å². The predicted octanol–water partition coefficient (Wildman–Crippen LogP) is 3.04. The number of thiophene rings is 1. The van der Waals surface area contributed by atoms with E-state index in [1.165, 1.54) is 11.3 Å². The van der Waals surface area contributed by atoms with E-state index in [0.717, 1.165) is 6.42 Å². The van der Waals surface area contributed by atoms with Gasteiger partial charge in [0.15, 0.2) is 0 Å². The molecule has 1 rings (SSSR count). The van der Waals surface area contributed by atoms with E-state index in [-0.39, 0.29) is 16.9 Å². The topological polar surface area (TPSA) is 66.4 Å². The molecule has 0 aliphatic carbocycles. The van der Waals surface area contributed by atoms with Crippen LogP contribution in [0.25, 0.3) is 0 Å². The summed E-state index contributed by atoms with van der Waals surface area (Å²) in [6, 6.07) is 1.55. The lowest BCUT2D eigenvalue weighted by Crippen LogP contribution is -2.45. The summed E-state index contributed by atoms with van der Waals surface area (Å²) in [6.07, 6.45) is 0.731. The molecule has 0 unspecified atom stereocenters. The number of nitrogens with one attached hydrogen (secondary N) is 1. The average molecular weight is 319 g/mol. The molecule has 1 aromatic heterocycles. The molecule has 0 fully saturated rings. The van der Waals surface area contributed by atoms with Crippen molar-refractivity contribution < 1.29 is 13.5 Å². The second-order valence-electron chi connectivity index (χ2n) is 7.02. The van der Waals surface area contributed by atoms with Gasteiger partial charge in [-0.2, -0.15) is 0 Å². The highest BCUT2D eigenvalue weighted by Crippen LogP contribution is 2.30. The predicted molar refractivity (Wildman–Crippen MR) is 83.5 cm³/mol. The lowest BCUT2D eigenvalue weighted by Gasteiger charge is -2.32. The first kappa shape index (κ1) is 17.6. The van der Waals surface area contributed by atoms with Crippen LogP contribution in [0, 0.1) is 12.3 Å². The van der Waals surface area contributed by atoms with Crippen molar-refractivity contribution in [2.75, 3.05) is 0 Å². The molecule has 0 radical (unpaired) electrons. The number of sulfonamides is 1. The Morgan fingerprint density at radius 2 is 1.80 bits per heavy atom. The fourth-order valence-electron chi connectivity index (χ4n) is 2.65. The van der Waals surface area contributed by atoms with Gasteiger partial charge in [-0.15, -0.1) is 11.3 Å². The first-order chi connectivity index (χ1) is 8.86. The summed E-state index contributed by atoms with van der Waals surface area (Å²) in [7, 11) is -3.56. The maximum absolute atomic E-state index is 12.5. The third-order valence-corrected chi connectivity index (χ3v) is 5.74. The number of hydrogen-bond acceptors (Lipinski definition) is 4. The molecule has 4 nitrogen and oxygen atoms in total. The van der Waals surface area contributed by atoms with Crippen molar-refractivity contribution >= 4 is 21.4 Å². The third-order valence-electron chi connectivity index (χ3n) is 2.75. The van der Waals surface area contributed by atoms with Crippen LogP contribution < -0.4 is 4.72 Å². The van der Waals surface area contributed by atoms with E-state index in [1.807, 2.05) is 13.8 Å². The van der Waals surface area contributed by atoms with Crippen molar-refractivity contribution in [3.05, 3.63) is 15.8 Å².